The predicted octanol–water partition coefficient (Wildman–Crippen LogP) is 3.31. The van der Waals surface area contributed by atoms with E-state index in [0.717, 1.165) is 14.8 Å². The van der Waals surface area contributed by atoms with Crippen LogP contribution in [0, 0.1) is 3.57 Å². The van der Waals surface area contributed by atoms with Crippen molar-refractivity contribution in [1.29, 1.82) is 0 Å². The second-order valence-corrected chi connectivity index (χ2v) is 5.94. The van der Waals surface area contributed by atoms with Crippen molar-refractivity contribution >= 4 is 34.2 Å². The third kappa shape index (κ3) is 4.13. The molecule has 0 radical (unpaired) electrons. The summed E-state index contributed by atoms with van der Waals surface area (Å²) in [6.07, 6.45) is 4.01. The van der Waals surface area contributed by atoms with Crippen LogP contribution in [0.15, 0.2) is 53.3 Å². The van der Waals surface area contributed by atoms with Crippen LogP contribution in [0.3, 0.4) is 0 Å². The molecule has 1 N–H and O–H groups in total. The van der Waals surface area contributed by atoms with Crippen molar-refractivity contribution in [2.24, 2.45) is 0 Å². The average Bonchev–Trinajstić information content (AvgIpc) is 3.05. The largest absolute Gasteiger partial charge is 0.339 e. The number of nitrogens with one attached hydrogen (secondary N) is 1. The number of halogens is 1. The van der Waals surface area contributed by atoms with Gasteiger partial charge in [0, 0.05) is 34.4 Å². The molecule has 3 aromatic rings. The molecule has 0 saturated carbocycles. The molecule has 0 bridgehead atoms. The third-order valence-electron chi connectivity index (χ3n) is 3.10. The lowest BCUT2D eigenvalue weighted by Crippen LogP contribution is -2.13. The highest BCUT2D eigenvalue weighted by atomic mass is 127. The van der Waals surface area contributed by atoms with E-state index in [2.05, 4.69) is 43.0 Å². The van der Waals surface area contributed by atoms with Crippen LogP contribution in [0.5, 0.6) is 0 Å². The lowest BCUT2D eigenvalue weighted by Gasteiger charge is -2.05. The van der Waals surface area contributed by atoms with E-state index in [0.29, 0.717) is 18.1 Å². The number of rotatable bonds is 5. The minimum atomic E-state index is -0.0877. The highest BCUT2D eigenvalue weighted by Crippen LogP contribution is 2.18. The summed E-state index contributed by atoms with van der Waals surface area (Å²) in [6.45, 7) is 0. The van der Waals surface area contributed by atoms with Crippen LogP contribution in [0.4, 0.5) is 5.69 Å². The van der Waals surface area contributed by atoms with E-state index in [-0.39, 0.29) is 12.3 Å². The number of anilines is 1. The number of nitrogens with zero attached hydrogens (tertiary/aromatic N) is 3. The second-order valence-electron chi connectivity index (χ2n) is 4.78. The number of para-hydroxylation sites is 1. The second kappa shape index (κ2) is 7.32. The Morgan fingerprint density at radius 3 is 2.87 bits per heavy atom. The SMILES string of the molecule is O=C(CCc1nc(-c2cccnc2)no1)Nc1ccccc1I. The Labute approximate surface area is 146 Å². The Kier molecular flexibility index (Phi) is 4.96. The molecule has 2 aromatic heterocycles. The molecule has 0 aliphatic rings. The summed E-state index contributed by atoms with van der Waals surface area (Å²) in [5.74, 6) is 0.822. The van der Waals surface area contributed by atoms with Crippen molar-refractivity contribution in [2.75, 3.05) is 5.32 Å². The molecule has 0 spiro atoms. The Bertz CT molecular complexity index is 805. The minimum absolute atomic E-state index is 0.0877. The molecule has 7 heteroatoms. The highest BCUT2D eigenvalue weighted by molar-refractivity contribution is 14.1. The fourth-order valence-corrected chi connectivity index (χ4v) is 2.49. The molecule has 0 atom stereocenters. The number of aryl methyl sites for hydroxylation is 1. The van der Waals surface area contributed by atoms with Gasteiger partial charge in [-0.2, -0.15) is 4.98 Å². The van der Waals surface area contributed by atoms with Gasteiger partial charge in [-0.25, -0.2) is 0 Å². The molecule has 0 aliphatic carbocycles. The summed E-state index contributed by atoms with van der Waals surface area (Å²) in [4.78, 5) is 20.3. The van der Waals surface area contributed by atoms with Gasteiger partial charge in [-0.05, 0) is 46.9 Å². The fourth-order valence-electron chi connectivity index (χ4n) is 1.96. The molecule has 0 saturated heterocycles. The van der Waals surface area contributed by atoms with Crippen molar-refractivity contribution in [3.63, 3.8) is 0 Å². The Hall–Kier alpha value is -2.29. The van der Waals surface area contributed by atoms with Crippen LogP contribution in [0.25, 0.3) is 11.4 Å². The first-order chi connectivity index (χ1) is 11.2. The summed E-state index contributed by atoms with van der Waals surface area (Å²) in [5, 5.41) is 6.78. The minimum Gasteiger partial charge on any atom is -0.339 e. The molecule has 0 unspecified atom stereocenters. The average molecular weight is 420 g/mol. The van der Waals surface area contributed by atoms with Gasteiger partial charge in [-0.1, -0.05) is 17.3 Å². The molecule has 0 aliphatic heterocycles. The quantitative estimate of drug-likeness (QED) is 0.641. The van der Waals surface area contributed by atoms with Crippen molar-refractivity contribution in [3.8, 4) is 11.4 Å². The van der Waals surface area contributed by atoms with Gasteiger partial charge in [0.25, 0.3) is 0 Å². The molecule has 2 heterocycles. The van der Waals surface area contributed by atoms with Gasteiger partial charge in [0.1, 0.15) is 0 Å². The van der Waals surface area contributed by atoms with Gasteiger partial charge in [0.05, 0.1) is 5.69 Å². The monoisotopic (exact) mass is 420 g/mol. The van der Waals surface area contributed by atoms with Crippen LogP contribution in [0.2, 0.25) is 0 Å². The fraction of sp³-hybridized carbons (Fsp3) is 0.125. The molecule has 0 fully saturated rings. The molecule has 6 nitrogen and oxygen atoms in total. The first-order valence-corrected chi connectivity index (χ1v) is 8.07. The maximum absolute atomic E-state index is 12.0. The van der Waals surface area contributed by atoms with Gasteiger partial charge in [-0.3, -0.25) is 9.78 Å². The van der Waals surface area contributed by atoms with E-state index >= 15 is 0 Å². The summed E-state index contributed by atoms with van der Waals surface area (Å²) in [7, 11) is 0. The summed E-state index contributed by atoms with van der Waals surface area (Å²) in [5.41, 5.74) is 1.59. The first-order valence-electron chi connectivity index (χ1n) is 7.00. The zero-order chi connectivity index (χ0) is 16.1. The third-order valence-corrected chi connectivity index (χ3v) is 4.04. The van der Waals surface area contributed by atoms with Crippen molar-refractivity contribution < 1.29 is 9.32 Å². The molecular formula is C16H13IN4O2. The Morgan fingerprint density at radius 1 is 1.22 bits per heavy atom. The number of amides is 1. The summed E-state index contributed by atoms with van der Waals surface area (Å²) < 4.78 is 6.17. The van der Waals surface area contributed by atoms with E-state index in [9.17, 15) is 4.79 Å². The molecule has 3 rings (SSSR count). The maximum atomic E-state index is 12.0. The molecule has 1 aromatic carbocycles. The molecule has 1 amide bonds. The van der Waals surface area contributed by atoms with Crippen molar-refractivity contribution in [1.82, 2.24) is 15.1 Å². The van der Waals surface area contributed by atoms with Crippen LogP contribution < -0.4 is 5.32 Å². The molecule has 23 heavy (non-hydrogen) atoms. The van der Waals surface area contributed by atoms with Gasteiger partial charge in [0.15, 0.2) is 0 Å². The maximum Gasteiger partial charge on any atom is 0.227 e. The van der Waals surface area contributed by atoms with Crippen LogP contribution in [-0.4, -0.2) is 21.0 Å². The van der Waals surface area contributed by atoms with Gasteiger partial charge in [0.2, 0.25) is 17.6 Å². The number of pyridine rings is 1. The van der Waals surface area contributed by atoms with Crippen LogP contribution in [-0.2, 0) is 11.2 Å². The Morgan fingerprint density at radius 2 is 2.09 bits per heavy atom. The predicted molar refractivity (Wildman–Crippen MR) is 93.6 cm³/mol. The van der Waals surface area contributed by atoms with Crippen LogP contribution >= 0.6 is 22.6 Å². The van der Waals surface area contributed by atoms with E-state index in [4.69, 9.17) is 4.52 Å². The number of benzene rings is 1. The zero-order valence-corrected chi connectivity index (χ0v) is 14.2. The highest BCUT2D eigenvalue weighted by Gasteiger charge is 2.11. The van der Waals surface area contributed by atoms with Crippen molar-refractivity contribution in [2.45, 2.75) is 12.8 Å². The Balaban J connectivity index is 1.58. The van der Waals surface area contributed by atoms with Gasteiger partial charge in [-0.15, -0.1) is 0 Å². The van der Waals surface area contributed by atoms with Crippen LogP contribution in [0.1, 0.15) is 12.3 Å². The first kappa shape index (κ1) is 15.6. The van der Waals surface area contributed by atoms with Gasteiger partial charge >= 0.3 is 0 Å². The summed E-state index contributed by atoms with van der Waals surface area (Å²) >= 11 is 2.18. The van der Waals surface area contributed by atoms with Crippen molar-refractivity contribution in [3.05, 3.63) is 58.3 Å². The van der Waals surface area contributed by atoms with E-state index < -0.39 is 0 Å². The standard InChI is InChI=1S/C16H13IN4O2/c17-12-5-1-2-6-13(12)19-14(22)7-8-15-20-16(21-23-15)11-4-3-9-18-10-11/h1-6,9-10H,7-8H2,(H,19,22). The lowest BCUT2D eigenvalue weighted by molar-refractivity contribution is -0.116. The molecule has 116 valence electrons. The smallest absolute Gasteiger partial charge is 0.227 e. The topological polar surface area (TPSA) is 80.9 Å². The number of hydrogen-bond donors (Lipinski definition) is 1. The number of aromatic nitrogens is 3. The number of hydrogen-bond acceptors (Lipinski definition) is 5. The number of carbonyl (C=O) groups excluding carboxylic acids is 1. The van der Waals surface area contributed by atoms with Gasteiger partial charge < -0.3 is 9.84 Å². The normalized spacial score (nSPS) is 10.5. The number of carbonyl (C=O) groups is 1. The van der Waals surface area contributed by atoms with E-state index in [1.165, 1.54) is 0 Å². The van der Waals surface area contributed by atoms with E-state index in [1.54, 1.807) is 18.5 Å². The molecular weight excluding hydrogens is 407 g/mol. The lowest BCUT2D eigenvalue weighted by atomic mass is 10.2. The summed E-state index contributed by atoms with van der Waals surface area (Å²) in [6, 6.07) is 11.3. The zero-order valence-electron chi connectivity index (χ0n) is 12.1. The van der Waals surface area contributed by atoms with E-state index in [1.807, 2.05) is 30.3 Å².